The number of rotatable bonds is 7. The number of ether oxygens (including phenoxy) is 1. The van der Waals surface area contributed by atoms with Crippen molar-refractivity contribution in [2.45, 2.75) is 43.0 Å². The highest BCUT2D eigenvalue weighted by atomic mass is 32.2. The number of likely N-dealkylation sites (tertiary alicyclic amines) is 1. The summed E-state index contributed by atoms with van der Waals surface area (Å²) >= 11 is 0. The van der Waals surface area contributed by atoms with Gasteiger partial charge in [0.2, 0.25) is 10.0 Å². The molecule has 0 saturated carbocycles. The SMILES string of the molecule is COc1ccc(C(=O)N2CCCCC2CCC(=O)O)cc1S(=O)(=O)N(C)C. The topological polar surface area (TPSA) is 104 Å². The highest BCUT2D eigenvalue weighted by Crippen LogP contribution is 2.29. The fourth-order valence-corrected chi connectivity index (χ4v) is 4.31. The first-order valence-electron chi connectivity index (χ1n) is 8.81. The molecule has 1 aliphatic rings. The molecule has 9 heteroatoms. The Hall–Kier alpha value is -2.13. The van der Waals surface area contributed by atoms with Crippen molar-refractivity contribution in [1.29, 1.82) is 0 Å². The summed E-state index contributed by atoms with van der Waals surface area (Å²) in [4.78, 5) is 25.5. The molecule has 1 aromatic rings. The van der Waals surface area contributed by atoms with Crippen LogP contribution in [0.4, 0.5) is 0 Å². The number of sulfonamides is 1. The summed E-state index contributed by atoms with van der Waals surface area (Å²) in [6, 6.07) is 4.19. The number of nitrogens with zero attached hydrogens (tertiary/aromatic N) is 2. The summed E-state index contributed by atoms with van der Waals surface area (Å²) in [6.07, 6.45) is 2.92. The van der Waals surface area contributed by atoms with E-state index in [1.54, 1.807) is 11.0 Å². The number of benzene rings is 1. The molecule has 27 heavy (non-hydrogen) atoms. The van der Waals surface area contributed by atoms with Gasteiger partial charge in [0.05, 0.1) is 7.11 Å². The number of carbonyl (C=O) groups is 2. The van der Waals surface area contributed by atoms with E-state index in [-0.39, 0.29) is 34.6 Å². The second-order valence-electron chi connectivity index (χ2n) is 6.73. The quantitative estimate of drug-likeness (QED) is 0.751. The van der Waals surface area contributed by atoms with Gasteiger partial charge in [-0.3, -0.25) is 9.59 Å². The number of methoxy groups -OCH3 is 1. The fraction of sp³-hybridized carbons (Fsp3) is 0.556. The summed E-state index contributed by atoms with van der Waals surface area (Å²) in [6.45, 7) is 0.533. The number of aliphatic carboxylic acids is 1. The number of piperidine rings is 1. The summed E-state index contributed by atoms with van der Waals surface area (Å²) in [5.74, 6) is -1.01. The molecule has 1 aliphatic heterocycles. The first-order valence-corrected chi connectivity index (χ1v) is 10.3. The molecule has 150 valence electrons. The van der Waals surface area contributed by atoms with Crippen molar-refractivity contribution in [3.63, 3.8) is 0 Å². The molecule has 2 rings (SSSR count). The molecule has 1 fully saturated rings. The van der Waals surface area contributed by atoms with Crippen molar-refractivity contribution in [2.24, 2.45) is 0 Å². The Bertz CT molecular complexity index is 806. The van der Waals surface area contributed by atoms with E-state index in [2.05, 4.69) is 0 Å². The zero-order valence-corrected chi connectivity index (χ0v) is 16.7. The Kier molecular flexibility index (Phi) is 6.83. The van der Waals surface area contributed by atoms with Crippen LogP contribution in [0.1, 0.15) is 42.5 Å². The van der Waals surface area contributed by atoms with Gasteiger partial charge in [0.1, 0.15) is 10.6 Å². The largest absolute Gasteiger partial charge is 0.495 e. The molecule has 1 aromatic carbocycles. The van der Waals surface area contributed by atoms with Crippen LogP contribution in [0.15, 0.2) is 23.1 Å². The van der Waals surface area contributed by atoms with Crippen LogP contribution >= 0.6 is 0 Å². The molecule has 0 aliphatic carbocycles. The zero-order valence-electron chi connectivity index (χ0n) is 15.8. The van der Waals surface area contributed by atoms with Crippen molar-refractivity contribution >= 4 is 21.9 Å². The molecule has 1 heterocycles. The van der Waals surface area contributed by atoms with Crippen molar-refractivity contribution in [1.82, 2.24) is 9.21 Å². The van der Waals surface area contributed by atoms with Crippen LogP contribution < -0.4 is 4.74 Å². The highest BCUT2D eigenvalue weighted by Gasteiger charge is 2.30. The van der Waals surface area contributed by atoms with Crippen molar-refractivity contribution in [3.8, 4) is 5.75 Å². The molecule has 1 unspecified atom stereocenters. The second kappa shape index (κ2) is 8.71. The van der Waals surface area contributed by atoms with Crippen LogP contribution in [0, 0.1) is 0 Å². The van der Waals surface area contributed by atoms with Gasteiger partial charge >= 0.3 is 5.97 Å². The van der Waals surface area contributed by atoms with Crippen LogP contribution in [0.2, 0.25) is 0 Å². The van der Waals surface area contributed by atoms with Gasteiger partial charge in [-0.05, 0) is 43.9 Å². The lowest BCUT2D eigenvalue weighted by atomic mass is 9.97. The van der Waals surface area contributed by atoms with E-state index in [0.29, 0.717) is 13.0 Å². The molecule has 0 radical (unpaired) electrons. The average molecular weight is 398 g/mol. The molecule has 1 amide bonds. The van der Waals surface area contributed by atoms with Gasteiger partial charge < -0.3 is 14.7 Å². The fourth-order valence-electron chi connectivity index (χ4n) is 3.23. The summed E-state index contributed by atoms with van der Waals surface area (Å²) in [5, 5.41) is 8.93. The Balaban J connectivity index is 2.36. The standard InChI is InChI=1S/C18H26N2O6S/c1-19(2)27(24,25)16-12-13(7-9-15(16)26-3)18(23)20-11-5-4-6-14(20)8-10-17(21)22/h7,9,12,14H,4-6,8,10-11H2,1-3H3,(H,21,22). The van der Waals surface area contributed by atoms with Crippen LogP contribution in [-0.2, 0) is 14.8 Å². The number of hydrogen-bond donors (Lipinski definition) is 1. The van der Waals surface area contributed by atoms with Crippen LogP contribution in [0.3, 0.4) is 0 Å². The van der Waals surface area contributed by atoms with Gasteiger partial charge in [-0.15, -0.1) is 0 Å². The molecule has 0 spiro atoms. The van der Waals surface area contributed by atoms with Crippen molar-refractivity contribution in [2.75, 3.05) is 27.7 Å². The van der Waals surface area contributed by atoms with Gasteiger partial charge in [-0.2, -0.15) is 0 Å². The monoisotopic (exact) mass is 398 g/mol. The molecule has 1 saturated heterocycles. The number of hydrogen-bond acceptors (Lipinski definition) is 5. The third kappa shape index (κ3) is 4.78. The van der Waals surface area contributed by atoms with E-state index in [4.69, 9.17) is 9.84 Å². The minimum Gasteiger partial charge on any atom is -0.495 e. The Morgan fingerprint density at radius 1 is 1.30 bits per heavy atom. The maximum Gasteiger partial charge on any atom is 0.303 e. The molecule has 1 atom stereocenters. The third-order valence-corrected chi connectivity index (χ3v) is 6.58. The van der Waals surface area contributed by atoms with E-state index in [1.165, 1.54) is 33.3 Å². The molecule has 0 bridgehead atoms. The lowest BCUT2D eigenvalue weighted by Crippen LogP contribution is -2.44. The van der Waals surface area contributed by atoms with Crippen molar-refractivity contribution < 1.29 is 27.9 Å². The van der Waals surface area contributed by atoms with E-state index < -0.39 is 16.0 Å². The smallest absolute Gasteiger partial charge is 0.303 e. The molecule has 1 N–H and O–H groups in total. The van der Waals surface area contributed by atoms with E-state index >= 15 is 0 Å². The first kappa shape index (κ1) is 21.2. The van der Waals surface area contributed by atoms with E-state index in [9.17, 15) is 18.0 Å². The van der Waals surface area contributed by atoms with Crippen LogP contribution in [0.5, 0.6) is 5.75 Å². The highest BCUT2D eigenvalue weighted by molar-refractivity contribution is 7.89. The van der Waals surface area contributed by atoms with Crippen LogP contribution in [0.25, 0.3) is 0 Å². The maximum absolute atomic E-state index is 13.0. The Morgan fingerprint density at radius 2 is 2.00 bits per heavy atom. The number of carbonyl (C=O) groups excluding carboxylic acids is 1. The molecule has 0 aromatic heterocycles. The lowest BCUT2D eigenvalue weighted by molar-refractivity contribution is -0.137. The summed E-state index contributed by atoms with van der Waals surface area (Å²) < 4.78 is 31.3. The van der Waals surface area contributed by atoms with Crippen molar-refractivity contribution in [3.05, 3.63) is 23.8 Å². The molecular formula is C18H26N2O6S. The van der Waals surface area contributed by atoms with E-state index in [1.807, 2.05) is 0 Å². The lowest BCUT2D eigenvalue weighted by Gasteiger charge is -2.36. The molecular weight excluding hydrogens is 372 g/mol. The summed E-state index contributed by atoms with van der Waals surface area (Å²) in [5.41, 5.74) is 0.249. The number of carboxylic acid groups (broad SMARTS) is 1. The minimum absolute atomic E-state index is 0.00266. The zero-order chi connectivity index (χ0) is 20.2. The predicted octanol–water partition coefficient (Wildman–Crippen LogP) is 1.80. The van der Waals surface area contributed by atoms with Gasteiger partial charge in [0.25, 0.3) is 5.91 Å². The number of amides is 1. The number of carboxylic acids is 1. The normalized spacial score (nSPS) is 17.8. The van der Waals surface area contributed by atoms with E-state index in [0.717, 1.165) is 23.6 Å². The van der Waals surface area contributed by atoms with Gasteiger partial charge in [0, 0.05) is 38.7 Å². The first-order chi connectivity index (χ1) is 12.7. The van der Waals surface area contributed by atoms with Gasteiger partial charge in [-0.25, -0.2) is 12.7 Å². The van der Waals surface area contributed by atoms with Gasteiger partial charge in [-0.1, -0.05) is 0 Å². The second-order valence-corrected chi connectivity index (χ2v) is 8.85. The predicted molar refractivity (Wildman–Crippen MR) is 99.4 cm³/mol. The van der Waals surface area contributed by atoms with Crippen LogP contribution in [-0.4, -0.2) is 68.4 Å². The minimum atomic E-state index is -3.78. The Morgan fingerprint density at radius 3 is 2.59 bits per heavy atom. The average Bonchev–Trinajstić information content (AvgIpc) is 2.65. The third-order valence-electron chi connectivity index (χ3n) is 4.75. The van der Waals surface area contributed by atoms with Gasteiger partial charge in [0.15, 0.2) is 0 Å². The molecule has 8 nitrogen and oxygen atoms in total. The summed E-state index contributed by atoms with van der Waals surface area (Å²) in [7, 11) is 0.417. The maximum atomic E-state index is 13.0. The Labute approximate surface area is 159 Å².